The third-order valence-electron chi connectivity index (χ3n) is 3.26. The number of amides is 1. The normalized spacial score (nSPS) is 11.9. The SMILES string of the molecule is Cc1ccccc1C(C)NC(=O)c1cc(Cl)ccc1N. The van der Waals surface area contributed by atoms with E-state index in [1.54, 1.807) is 18.2 Å². The largest absolute Gasteiger partial charge is 0.398 e. The molecule has 0 aliphatic rings. The van der Waals surface area contributed by atoms with Crippen molar-refractivity contribution in [1.82, 2.24) is 5.32 Å². The molecular formula is C16H17ClN2O. The summed E-state index contributed by atoms with van der Waals surface area (Å²) in [5, 5.41) is 3.44. The molecule has 0 bridgehead atoms. The number of hydrogen-bond acceptors (Lipinski definition) is 2. The maximum absolute atomic E-state index is 12.3. The highest BCUT2D eigenvalue weighted by Crippen LogP contribution is 2.21. The highest BCUT2D eigenvalue weighted by Gasteiger charge is 2.15. The summed E-state index contributed by atoms with van der Waals surface area (Å²) in [6.07, 6.45) is 0. The summed E-state index contributed by atoms with van der Waals surface area (Å²) in [7, 11) is 0. The number of benzene rings is 2. The number of anilines is 1. The molecule has 2 aromatic carbocycles. The zero-order valence-electron chi connectivity index (χ0n) is 11.5. The summed E-state index contributed by atoms with van der Waals surface area (Å²) in [5.74, 6) is -0.222. The molecule has 104 valence electrons. The Kier molecular flexibility index (Phi) is 4.30. The van der Waals surface area contributed by atoms with E-state index in [9.17, 15) is 4.79 Å². The molecule has 0 aliphatic heterocycles. The fourth-order valence-electron chi connectivity index (χ4n) is 2.15. The van der Waals surface area contributed by atoms with Gasteiger partial charge in [0.05, 0.1) is 11.6 Å². The number of nitrogens with two attached hydrogens (primary N) is 1. The molecule has 1 unspecified atom stereocenters. The lowest BCUT2D eigenvalue weighted by atomic mass is 10.0. The molecule has 3 nitrogen and oxygen atoms in total. The minimum absolute atomic E-state index is 0.0953. The molecule has 0 spiro atoms. The van der Waals surface area contributed by atoms with Gasteiger partial charge in [-0.15, -0.1) is 0 Å². The van der Waals surface area contributed by atoms with Gasteiger partial charge in [-0.1, -0.05) is 35.9 Å². The Labute approximate surface area is 123 Å². The zero-order valence-corrected chi connectivity index (χ0v) is 12.2. The van der Waals surface area contributed by atoms with Crippen molar-refractivity contribution < 1.29 is 4.79 Å². The molecule has 0 saturated carbocycles. The van der Waals surface area contributed by atoms with Crippen LogP contribution in [0.5, 0.6) is 0 Å². The number of carbonyl (C=O) groups excluding carboxylic acids is 1. The van der Waals surface area contributed by atoms with Crippen molar-refractivity contribution in [3.63, 3.8) is 0 Å². The van der Waals surface area contributed by atoms with Gasteiger partial charge in [-0.3, -0.25) is 4.79 Å². The Morgan fingerprint density at radius 1 is 1.25 bits per heavy atom. The van der Waals surface area contributed by atoms with E-state index in [1.807, 2.05) is 38.1 Å². The van der Waals surface area contributed by atoms with E-state index in [4.69, 9.17) is 17.3 Å². The molecule has 0 heterocycles. The molecule has 1 atom stereocenters. The molecule has 4 heteroatoms. The number of nitrogen functional groups attached to an aromatic ring is 1. The molecule has 0 fully saturated rings. The van der Waals surface area contributed by atoms with Crippen LogP contribution in [-0.4, -0.2) is 5.91 Å². The fraction of sp³-hybridized carbons (Fsp3) is 0.188. The molecule has 3 N–H and O–H groups in total. The highest BCUT2D eigenvalue weighted by molar-refractivity contribution is 6.31. The maximum atomic E-state index is 12.3. The van der Waals surface area contributed by atoms with Gasteiger partial charge in [0.25, 0.3) is 5.91 Å². The quantitative estimate of drug-likeness (QED) is 0.846. The van der Waals surface area contributed by atoms with Crippen LogP contribution >= 0.6 is 11.6 Å². The Morgan fingerprint density at radius 2 is 1.95 bits per heavy atom. The highest BCUT2D eigenvalue weighted by atomic mass is 35.5. The van der Waals surface area contributed by atoms with Gasteiger partial charge >= 0.3 is 0 Å². The van der Waals surface area contributed by atoms with Gasteiger partial charge in [0.1, 0.15) is 0 Å². The van der Waals surface area contributed by atoms with Crippen LogP contribution in [0.4, 0.5) is 5.69 Å². The molecule has 20 heavy (non-hydrogen) atoms. The third-order valence-corrected chi connectivity index (χ3v) is 3.50. The van der Waals surface area contributed by atoms with Crippen molar-refractivity contribution >= 4 is 23.2 Å². The second-order valence-electron chi connectivity index (χ2n) is 4.78. The third kappa shape index (κ3) is 3.11. The van der Waals surface area contributed by atoms with Crippen LogP contribution < -0.4 is 11.1 Å². The molecule has 0 radical (unpaired) electrons. The van der Waals surface area contributed by atoms with Gasteiger partial charge in [0.2, 0.25) is 0 Å². The standard InChI is InChI=1S/C16H17ClN2O/c1-10-5-3-4-6-13(10)11(2)19-16(20)14-9-12(17)7-8-15(14)18/h3-9,11H,18H2,1-2H3,(H,19,20). The van der Waals surface area contributed by atoms with Crippen molar-refractivity contribution in [1.29, 1.82) is 0 Å². The smallest absolute Gasteiger partial charge is 0.253 e. The molecule has 2 aromatic rings. The topological polar surface area (TPSA) is 55.1 Å². The van der Waals surface area contributed by atoms with E-state index in [2.05, 4.69) is 5.32 Å². The van der Waals surface area contributed by atoms with Crippen molar-refractivity contribution in [2.75, 3.05) is 5.73 Å². The van der Waals surface area contributed by atoms with E-state index >= 15 is 0 Å². The van der Waals surface area contributed by atoms with Crippen LogP contribution in [0, 0.1) is 6.92 Å². The second kappa shape index (κ2) is 5.97. The van der Waals surface area contributed by atoms with E-state index in [1.165, 1.54) is 0 Å². The number of halogens is 1. The average Bonchev–Trinajstić information content (AvgIpc) is 2.41. The first-order chi connectivity index (χ1) is 9.49. The Bertz CT molecular complexity index is 640. The van der Waals surface area contributed by atoms with E-state index in [-0.39, 0.29) is 11.9 Å². The number of aryl methyl sites for hydroxylation is 1. The molecule has 0 aromatic heterocycles. The minimum atomic E-state index is -0.222. The van der Waals surface area contributed by atoms with Crippen LogP contribution in [0.3, 0.4) is 0 Å². The van der Waals surface area contributed by atoms with Crippen LogP contribution in [0.15, 0.2) is 42.5 Å². The predicted octanol–water partition coefficient (Wildman–Crippen LogP) is 3.72. The van der Waals surface area contributed by atoms with Crippen molar-refractivity contribution in [2.24, 2.45) is 0 Å². The maximum Gasteiger partial charge on any atom is 0.253 e. The number of hydrogen-bond donors (Lipinski definition) is 2. The van der Waals surface area contributed by atoms with Gasteiger partial charge in [-0.2, -0.15) is 0 Å². The van der Waals surface area contributed by atoms with E-state index in [0.29, 0.717) is 16.3 Å². The Balaban J connectivity index is 2.20. The van der Waals surface area contributed by atoms with Crippen LogP contribution in [-0.2, 0) is 0 Å². The van der Waals surface area contributed by atoms with Gasteiger partial charge in [-0.25, -0.2) is 0 Å². The molecule has 2 rings (SSSR count). The van der Waals surface area contributed by atoms with Crippen LogP contribution in [0.1, 0.15) is 34.5 Å². The van der Waals surface area contributed by atoms with E-state index in [0.717, 1.165) is 11.1 Å². The average molecular weight is 289 g/mol. The Morgan fingerprint density at radius 3 is 2.65 bits per heavy atom. The van der Waals surface area contributed by atoms with Crippen molar-refractivity contribution in [3.05, 3.63) is 64.2 Å². The molecule has 0 aliphatic carbocycles. The summed E-state index contributed by atoms with van der Waals surface area (Å²) in [6, 6.07) is 12.7. The first-order valence-electron chi connectivity index (χ1n) is 6.40. The number of carbonyl (C=O) groups is 1. The summed E-state index contributed by atoms with van der Waals surface area (Å²) in [4.78, 5) is 12.3. The number of nitrogens with one attached hydrogen (secondary N) is 1. The van der Waals surface area contributed by atoms with E-state index < -0.39 is 0 Å². The lowest BCUT2D eigenvalue weighted by Gasteiger charge is -2.17. The van der Waals surface area contributed by atoms with Crippen molar-refractivity contribution in [2.45, 2.75) is 19.9 Å². The molecule has 0 saturated heterocycles. The Hall–Kier alpha value is -2.00. The second-order valence-corrected chi connectivity index (χ2v) is 5.22. The van der Waals surface area contributed by atoms with Gasteiger partial charge in [0.15, 0.2) is 0 Å². The zero-order chi connectivity index (χ0) is 14.7. The van der Waals surface area contributed by atoms with Gasteiger partial charge in [-0.05, 0) is 43.2 Å². The summed E-state index contributed by atoms with van der Waals surface area (Å²) >= 11 is 5.90. The summed E-state index contributed by atoms with van der Waals surface area (Å²) in [6.45, 7) is 3.96. The molecular weight excluding hydrogens is 272 g/mol. The van der Waals surface area contributed by atoms with Crippen molar-refractivity contribution in [3.8, 4) is 0 Å². The first-order valence-corrected chi connectivity index (χ1v) is 6.78. The lowest BCUT2D eigenvalue weighted by molar-refractivity contribution is 0.0940. The summed E-state index contributed by atoms with van der Waals surface area (Å²) < 4.78 is 0. The predicted molar refractivity (Wildman–Crippen MR) is 82.9 cm³/mol. The lowest BCUT2D eigenvalue weighted by Crippen LogP contribution is -2.27. The fourth-order valence-corrected chi connectivity index (χ4v) is 2.32. The molecule has 1 amide bonds. The minimum Gasteiger partial charge on any atom is -0.398 e. The first kappa shape index (κ1) is 14.4. The summed E-state index contributed by atoms with van der Waals surface area (Å²) in [5.41, 5.74) is 8.86. The van der Waals surface area contributed by atoms with Gasteiger partial charge < -0.3 is 11.1 Å². The van der Waals surface area contributed by atoms with Crippen LogP contribution in [0.25, 0.3) is 0 Å². The monoisotopic (exact) mass is 288 g/mol. The van der Waals surface area contributed by atoms with Gasteiger partial charge in [0, 0.05) is 10.7 Å². The van der Waals surface area contributed by atoms with Crippen LogP contribution in [0.2, 0.25) is 5.02 Å². The number of rotatable bonds is 3.